The van der Waals surface area contributed by atoms with E-state index in [1.165, 1.54) is 43.4 Å². The lowest BCUT2D eigenvalue weighted by Crippen LogP contribution is -2.24. The van der Waals surface area contributed by atoms with Crippen LogP contribution in [0.15, 0.2) is 48.8 Å². The summed E-state index contributed by atoms with van der Waals surface area (Å²) in [5.74, 6) is 0.0117. The van der Waals surface area contributed by atoms with Crippen LogP contribution in [-0.2, 0) is 13.1 Å². The van der Waals surface area contributed by atoms with Gasteiger partial charge in [0.15, 0.2) is 0 Å². The molecule has 4 rings (SSSR count). The minimum Gasteiger partial charge on any atom is -0.348 e. The van der Waals surface area contributed by atoms with E-state index in [-0.39, 0.29) is 5.91 Å². The molecule has 1 fully saturated rings. The molecule has 1 aliphatic rings. The van der Waals surface area contributed by atoms with Gasteiger partial charge in [-0.25, -0.2) is 0 Å². The number of carbonyl (C=O) groups excluding carboxylic acids is 1. The van der Waals surface area contributed by atoms with E-state index >= 15 is 0 Å². The van der Waals surface area contributed by atoms with E-state index in [1.54, 1.807) is 6.20 Å². The van der Waals surface area contributed by atoms with Crippen LogP contribution in [-0.4, -0.2) is 20.3 Å². The summed E-state index contributed by atoms with van der Waals surface area (Å²) in [6.07, 6.45) is 10.1. The Bertz CT molecular complexity index is 965. The Kier molecular flexibility index (Phi) is 5.84. The molecule has 0 aliphatic heterocycles. The van der Waals surface area contributed by atoms with E-state index in [9.17, 15) is 4.79 Å². The first-order valence-corrected chi connectivity index (χ1v) is 10.6. The van der Waals surface area contributed by atoms with Gasteiger partial charge in [0.25, 0.3) is 5.91 Å². The van der Waals surface area contributed by atoms with Crippen LogP contribution >= 0.6 is 0 Å². The third-order valence-electron chi connectivity index (χ3n) is 6.02. The smallest absolute Gasteiger partial charge is 0.253 e. The third-order valence-corrected chi connectivity index (χ3v) is 6.02. The Morgan fingerprint density at radius 3 is 2.66 bits per heavy atom. The zero-order valence-electron chi connectivity index (χ0n) is 17.4. The second kappa shape index (κ2) is 8.68. The Morgan fingerprint density at radius 1 is 1.10 bits per heavy atom. The molecule has 29 heavy (non-hydrogen) atoms. The summed E-state index contributed by atoms with van der Waals surface area (Å²) in [6.45, 7) is 5.47. The van der Waals surface area contributed by atoms with Crippen LogP contribution in [0.4, 0.5) is 0 Å². The number of aryl methyl sites for hydroxylation is 1. The zero-order chi connectivity index (χ0) is 20.2. The fraction of sp³-hybridized carbons (Fsp3) is 0.417. The van der Waals surface area contributed by atoms with E-state index in [2.05, 4.69) is 47.0 Å². The molecule has 0 spiro atoms. The van der Waals surface area contributed by atoms with Gasteiger partial charge < -0.3 is 9.88 Å². The number of carbonyl (C=O) groups is 1. The van der Waals surface area contributed by atoms with Crippen LogP contribution in [0.5, 0.6) is 0 Å². The van der Waals surface area contributed by atoms with Gasteiger partial charge in [0.1, 0.15) is 0 Å². The maximum Gasteiger partial charge on any atom is 0.253 e. The molecule has 1 N–H and O–H groups in total. The van der Waals surface area contributed by atoms with E-state index in [0.29, 0.717) is 12.6 Å². The van der Waals surface area contributed by atoms with Gasteiger partial charge in [-0.15, -0.1) is 0 Å². The molecule has 152 valence electrons. The summed E-state index contributed by atoms with van der Waals surface area (Å²) in [4.78, 5) is 12.9. The topological polar surface area (TPSA) is 51.9 Å². The lowest BCUT2D eigenvalue weighted by molar-refractivity contribution is 0.0950. The number of benzene rings is 1. The average Bonchev–Trinajstić information content (AvgIpc) is 3.34. The average molecular weight is 391 g/mol. The van der Waals surface area contributed by atoms with Crippen molar-refractivity contribution in [2.45, 2.75) is 65.1 Å². The van der Waals surface area contributed by atoms with Crippen LogP contribution in [0, 0.1) is 13.8 Å². The minimum atomic E-state index is 0.0117. The Labute approximate surface area is 172 Å². The van der Waals surface area contributed by atoms with Crippen molar-refractivity contribution in [3.8, 4) is 0 Å². The number of amides is 1. The first-order valence-electron chi connectivity index (χ1n) is 10.6. The summed E-state index contributed by atoms with van der Waals surface area (Å²) in [5, 5.41) is 7.37. The van der Waals surface area contributed by atoms with Crippen molar-refractivity contribution in [2.24, 2.45) is 0 Å². The molecule has 3 aromatic rings. The highest BCUT2D eigenvalue weighted by molar-refractivity contribution is 5.95. The highest BCUT2D eigenvalue weighted by Gasteiger charge is 2.22. The van der Waals surface area contributed by atoms with Crippen LogP contribution < -0.4 is 5.32 Å². The van der Waals surface area contributed by atoms with E-state index in [0.717, 1.165) is 23.4 Å². The fourth-order valence-electron chi connectivity index (χ4n) is 4.60. The molecule has 0 bridgehead atoms. The van der Waals surface area contributed by atoms with Gasteiger partial charge in [-0.3, -0.25) is 9.48 Å². The molecule has 5 heteroatoms. The summed E-state index contributed by atoms with van der Waals surface area (Å²) >= 11 is 0. The zero-order valence-corrected chi connectivity index (χ0v) is 17.4. The van der Waals surface area contributed by atoms with Crippen molar-refractivity contribution in [1.29, 1.82) is 0 Å². The molecule has 1 amide bonds. The molecule has 0 unspecified atom stereocenters. The van der Waals surface area contributed by atoms with Crippen molar-refractivity contribution < 1.29 is 4.79 Å². The van der Waals surface area contributed by atoms with E-state index < -0.39 is 0 Å². The molecule has 2 heterocycles. The predicted molar refractivity (Wildman–Crippen MR) is 115 cm³/mol. The monoisotopic (exact) mass is 390 g/mol. The molecule has 1 aromatic carbocycles. The van der Waals surface area contributed by atoms with Gasteiger partial charge in [-0.2, -0.15) is 5.10 Å². The standard InChI is InChI=1S/C24H30N4O/c1-18-14-23(19(2)28(18)22-10-4-3-5-11-22)24(29)25-16-20-8-6-9-21(15-20)17-27-13-7-12-26-27/h6-9,12-15,22H,3-5,10-11,16-17H2,1-2H3,(H,25,29). The van der Waals surface area contributed by atoms with Crippen LogP contribution in [0.1, 0.15) is 71.0 Å². The van der Waals surface area contributed by atoms with Crippen molar-refractivity contribution in [2.75, 3.05) is 0 Å². The molecular weight excluding hydrogens is 360 g/mol. The Balaban J connectivity index is 1.42. The highest BCUT2D eigenvalue weighted by Crippen LogP contribution is 2.32. The number of nitrogens with zero attached hydrogens (tertiary/aromatic N) is 3. The van der Waals surface area contributed by atoms with Gasteiger partial charge in [0, 0.05) is 36.4 Å². The predicted octanol–water partition coefficient (Wildman–Crippen LogP) is 4.78. The number of nitrogens with one attached hydrogen (secondary N) is 1. The van der Waals surface area contributed by atoms with Crippen molar-refractivity contribution in [3.05, 3.63) is 76.9 Å². The highest BCUT2D eigenvalue weighted by atomic mass is 16.1. The molecule has 0 radical (unpaired) electrons. The largest absolute Gasteiger partial charge is 0.348 e. The van der Waals surface area contributed by atoms with Crippen LogP contribution in [0.3, 0.4) is 0 Å². The van der Waals surface area contributed by atoms with Crippen molar-refractivity contribution in [1.82, 2.24) is 19.7 Å². The molecule has 0 saturated heterocycles. The van der Waals surface area contributed by atoms with Crippen LogP contribution in [0.25, 0.3) is 0 Å². The van der Waals surface area contributed by atoms with Crippen LogP contribution in [0.2, 0.25) is 0 Å². The second-order valence-electron chi connectivity index (χ2n) is 8.15. The number of hydrogen-bond donors (Lipinski definition) is 1. The van der Waals surface area contributed by atoms with Crippen molar-refractivity contribution in [3.63, 3.8) is 0 Å². The summed E-state index contributed by atoms with van der Waals surface area (Å²) in [5.41, 5.74) is 5.38. The number of aromatic nitrogens is 3. The quantitative estimate of drug-likeness (QED) is 0.658. The summed E-state index contributed by atoms with van der Waals surface area (Å²) in [6, 6.07) is 12.8. The molecule has 1 saturated carbocycles. The molecule has 5 nitrogen and oxygen atoms in total. The first-order chi connectivity index (χ1) is 14.1. The van der Waals surface area contributed by atoms with Gasteiger partial charge in [-0.05, 0) is 49.9 Å². The Hall–Kier alpha value is -2.82. The molecule has 1 aliphatic carbocycles. The van der Waals surface area contributed by atoms with E-state index in [1.807, 2.05) is 29.1 Å². The van der Waals surface area contributed by atoms with Crippen molar-refractivity contribution >= 4 is 5.91 Å². The summed E-state index contributed by atoms with van der Waals surface area (Å²) in [7, 11) is 0. The first kappa shape index (κ1) is 19.5. The molecular formula is C24H30N4O. The SMILES string of the molecule is Cc1cc(C(=O)NCc2cccc(Cn3cccn3)c2)c(C)n1C1CCCCC1. The third kappa shape index (κ3) is 4.44. The summed E-state index contributed by atoms with van der Waals surface area (Å²) < 4.78 is 4.29. The maximum atomic E-state index is 12.9. The number of rotatable bonds is 6. The van der Waals surface area contributed by atoms with Gasteiger partial charge in [0.2, 0.25) is 0 Å². The van der Waals surface area contributed by atoms with Gasteiger partial charge >= 0.3 is 0 Å². The normalized spacial score (nSPS) is 14.8. The molecule has 2 aromatic heterocycles. The second-order valence-corrected chi connectivity index (χ2v) is 8.15. The lowest BCUT2D eigenvalue weighted by atomic mass is 9.95. The van der Waals surface area contributed by atoms with E-state index in [4.69, 9.17) is 0 Å². The number of hydrogen-bond acceptors (Lipinski definition) is 2. The van der Waals surface area contributed by atoms with Gasteiger partial charge in [0.05, 0.1) is 12.1 Å². The maximum absolute atomic E-state index is 12.9. The fourth-order valence-corrected chi connectivity index (χ4v) is 4.60. The lowest BCUT2D eigenvalue weighted by Gasteiger charge is -2.26. The van der Waals surface area contributed by atoms with Gasteiger partial charge in [-0.1, -0.05) is 43.5 Å². The Morgan fingerprint density at radius 2 is 1.90 bits per heavy atom. The minimum absolute atomic E-state index is 0.0117. The molecule has 0 atom stereocenters.